The summed E-state index contributed by atoms with van der Waals surface area (Å²) in [7, 11) is 0. The molecule has 3 heteroatoms. The van der Waals surface area contributed by atoms with Gasteiger partial charge in [-0.25, -0.2) is 0 Å². The number of ether oxygens (including phenoxy) is 2. The van der Waals surface area contributed by atoms with Crippen molar-refractivity contribution in [2.45, 2.75) is 57.3 Å². The van der Waals surface area contributed by atoms with Crippen molar-refractivity contribution in [1.82, 2.24) is 5.32 Å². The summed E-state index contributed by atoms with van der Waals surface area (Å²) in [5.74, 6) is 0. The molecule has 0 aromatic carbocycles. The average molecular weight is 213 g/mol. The van der Waals surface area contributed by atoms with Gasteiger partial charge < -0.3 is 14.8 Å². The van der Waals surface area contributed by atoms with Crippen LogP contribution in [0.2, 0.25) is 0 Å². The molecule has 2 aliphatic rings. The molecule has 2 saturated heterocycles. The summed E-state index contributed by atoms with van der Waals surface area (Å²) in [5, 5.41) is 3.66. The molecule has 2 heterocycles. The van der Waals surface area contributed by atoms with Gasteiger partial charge in [-0.05, 0) is 39.5 Å². The summed E-state index contributed by atoms with van der Waals surface area (Å²) in [6.45, 7) is 7.25. The maximum Gasteiger partial charge on any atom is 0.0704 e. The van der Waals surface area contributed by atoms with Gasteiger partial charge in [-0.3, -0.25) is 0 Å². The highest BCUT2D eigenvalue weighted by atomic mass is 16.5. The van der Waals surface area contributed by atoms with E-state index in [4.69, 9.17) is 9.47 Å². The third-order valence-corrected chi connectivity index (χ3v) is 3.67. The lowest BCUT2D eigenvalue weighted by Crippen LogP contribution is -2.49. The maximum absolute atomic E-state index is 5.80. The molecule has 0 aliphatic carbocycles. The molecule has 0 radical (unpaired) electrons. The molecule has 2 fully saturated rings. The van der Waals surface area contributed by atoms with Crippen LogP contribution in [0.25, 0.3) is 0 Å². The van der Waals surface area contributed by atoms with E-state index < -0.39 is 0 Å². The van der Waals surface area contributed by atoms with E-state index in [1.165, 1.54) is 12.8 Å². The predicted molar refractivity (Wildman–Crippen MR) is 60.0 cm³/mol. The molecule has 0 aromatic rings. The molecule has 2 rings (SSSR count). The fourth-order valence-electron chi connectivity index (χ4n) is 2.39. The molecular formula is C12H23NO2. The van der Waals surface area contributed by atoms with E-state index in [-0.39, 0.29) is 5.54 Å². The minimum Gasteiger partial charge on any atom is -0.381 e. The molecule has 15 heavy (non-hydrogen) atoms. The van der Waals surface area contributed by atoms with Gasteiger partial charge in [0.2, 0.25) is 0 Å². The van der Waals surface area contributed by atoms with Crippen molar-refractivity contribution < 1.29 is 9.47 Å². The molecule has 0 saturated carbocycles. The summed E-state index contributed by atoms with van der Waals surface area (Å²) in [5.41, 5.74) is 0.271. The molecule has 2 atom stereocenters. The van der Waals surface area contributed by atoms with Gasteiger partial charge in [-0.2, -0.15) is 0 Å². The van der Waals surface area contributed by atoms with Gasteiger partial charge in [-0.15, -0.1) is 0 Å². The van der Waals surface area contributed by atoms with Crippen LogP contribution in [-0.2, 0) is 9.47 Å². The highest BCUT2D eigenvalue weighted by molar-refractivity contribution is 4.87. The molecule has 0 aromatic heterocycles. The van der Waals surface area contributed by atoms with Crippen LogP contribution in [0.5, 0.6) is 0 Å². The summed E-state index contributed by atoms with van der Waals surface area (Å²) in [6, 6.07) is 0. The Labute approximate surface area is 92.5 Å². The Morgan fingerprint density at radius 1 is 1.27 bits per heavy atom. The van der Waals surface area contributed by atoms with E-state index in [1.54, 1.807) is 0 Å². The van der Waals surface area contributed by atoms with Crippen molar-refractivity contribution in [2.24, 2.45) is 0 Å². The zero-order valence-electron chi connectivity index (χ0n) is 9.92. The predicted octanol–water partition coefficient (Wildman–Crippen LogP) is 1.71. The van der Waals surface area contributed by atoms with Crippen LogP contribution in [-0.4, -0.2) is 37.5 Å². The maximum atomic E-state index is 5.80. The van der Waals surface area contributed by atoms with Crippen molar-refractivity contribution in [3.05, 3.63) is 0 Å². The standard InChI is InChI=1S/C12H23NO2/c1-10-3-4-11(15-10)9-13-12(2)5-7-14-8-6-12/h10-11,13H,3-9H2,1-2H3. The minimum absolute atomic E-state index is 0.271. The summed E-state index contributed by atoms with van der Waals surface area (Å²) in [6.07, 6.45) is 5.55. The van der Waals surface area contributed by atoms with Gasteiger partial charge in [0.25, 0.3) is 0 Å². The Kier molecular flexibility index (Phi) is 3.65. The van der Waals surface area contributed by atoms with Gasteiger partial charge in [0, 0.05) is 25.3 Å². The van der Waals surface area contributed by atoms with Crippen molar-refractivity contribution in [3.8, 4) is 0 Å². The second kappa shape index (κ2) is 4.81. The lowest BCUT2D eigenvalue weighted by atomic mass is 9.92. The number of nitrogens with one attached hydrogen (secondary N) is 1. The smallest absolute Gasteiger partial charge is 0.0704 e. The summed E-state index contributed by atoms with van der Waals surface area (Å²) >= 11 is 0. The van der Waals surface area contributed by atoms with Crippen molar-refractivity contribution in [1.29, 1.82) is 0 Å². The van der Waals surface area contributed by atoms with Crippen LogP contribution in [0.15, 0.2) is 0 Å². The molecule has 3 nitrogen and oxygen atoms in total. The van der Waals surface area contributed by atoms with Crippen LogP contribution in [0, 0.1) is 0 Å². The van der Waals surface area contributed by atoms with Crippen molar-refractivity contribution >= 4 is 0 Å². The monoisotopic (exact) mass is 213 g/mol. The first kappa shape index (κ1) is 11.4. The second-order valence-electron chi connectivity index (χ2n) is 5.20. The quantitative estimate of drug-likeness (QED) is 0.774. The third kappa shape index (κ3) is 3.16. The Balaban J connectivity index is 1.72. The van der Waals surface area contributed by atoms with Crippen molar-refractivity contribution in [3.63, 3.8) is 0 Å². The first-order valence-electron chi connectivity index (χ1n) is 6.16. The first-order chi connectivity index (χ1) is 7.18. The number of hydrogen-bond donors (Lipinski definition) is 1. The summed E-state index contributed by atoms with van der Waals surface area (Å²) in [4.78, 5) is 0. The van der Waals surface area contributed by atoms with Crippen LogP contribution in [0.4, 0.5) is 0 Å². The molecule has 2 aliphatic heterocycles. The molecule has 88 valence electrons. The topological polar surface area (TPSA) is 30.5 Å². The SMILES string of the molecule is CC1CCC(CNC2(C)CCOCC2)O1. The number of hydrogen-bond acceptors (Lipinski definition) is 3. The second-order valence-corrected chi connectivity index (χ2v) is 5.20. The minimum atomic E-state index is 0.271. The lowest BCUT2D eigenvalue weighted by molar-refractivity contribution is 0.0242. The summed E-state index contributed by atoms with van der Waals surface area (Å²) < 4.78 is 11.2. The highest BCUT2D eigenvalue weighted by Gasteiger charge is 2.29. The van der Waals surface area contributed by atoms with E-state index in [0.29, 0.717) is 12.2 Å². The average Bonchev–Trinajstić information content (AvgIpc) is 2.63. The van der Waals surface area contributed by atoms with Gasteiger partial charge in [-0.1, -0.05) is 0 Å². The Bertz CT molecular complexity index is 202. The van der Waals surface area contributed by atoms with Gasteiger partial charge in [0.1, 0.15) is 0 Å². The van der Waals surface area contributed by atoms with Crippen LogP contribution < -0.4 is 5.32 Å². The van der Waals surface area contributed by atoms with Crippen LogP contribution >= 0.6 is 0 Å². The normalized spacial score (nSPS) is 35.6. The van der Waals surface area contributed by atoms with Gasteiger partial charge in [0.05, 0.1) is 12.2 Å². The molecule has 1 N–H and O–H groups in total. The molecule has 0 amide bonds. The van der Waals surface area contributed by atoms with E-state index in [9.17, 15) is 0 Å². The zero-order chi connectivity index (χ0) is 10.7. The Morgan fingerprint density at radius 3 is 2.60 bits per heavy atom. The fourth-order valence-corrected chi connectivity index (χ4v) is 2.39. The Morgan fingerprint density at radius 2 is 2.00 bits per heavy atom. The molecule has 2 unspecified atom stereocenters. The number of rotatable bonds is 3. The first-order valence-corrected chi connectivity index (χ1v) is 6.16. The van der Waals surface area contributed by atoms with Crippen LogP contribution in [0.3, 0.4) is 0 Å². The van der Waals surface area contributed by atoms with Gasteiger partial charge >= 0.3 is 0 Å². The van der Waals surface area contributed by atoms with E-state index in [2.05, 4.69) is 19.2 Å². The Hall–Kier alpha value is -0.120. The van der Waals surface area contributed by atoms with E-state index in [1.807, 2.05) is 0 Å². The third-order valence-electron chi connectivity index (χ3n) is 3.67. The van der Waals surface area contributed by atoms with E-state index >= 15 is 0 Å². The van der Waals surface area contributed by atoms with Crippen LogP contribution in [0.1, 0.15) is 39.5 Å². The molecule has 0 spiro atoms. The fraction of sp³-hybridized carbons (Fsp3) is 1.00. The van der Waals surface area contributed by atoms with Gasteiger partial charge in [0.15, 0.2) is 0 Å². The van der Waals surface area contributed by atoms with E-state index in [0.717, 1.165) is 32.6 Å². The lowest BCUT2D eigenvalue weighted by Gasteiger charge is -2.35. The van der Waals surface area contributed by atoms with Crippen molar-refractivity contribution in [2.75, 3.05) is 19.8 Å². The zero-order valence-corrected chi connectivity index (χ0v) is 9.92. The largest absolute Gasteiger partial charge is 0.381 e. The highest BCUT2D eigenvalue weighted by Crippen LogP contribution is 2.22. The molecule has 0 bridgehead atoms. The molecular weight excluding hydrogens is 190 g/mol.